The molecule has 0 unspecified atom stereocenters. The summed E-state index contributed by atoms with van der Waals surface area (Å²) >= 11 is 0. The summed E-state index contributed by atoms with van der Waals surface area (Å²) in [6.45, 7) is 8.51. The zero-order chi connectivity index (χ0) is 16.5. The number of carboxylic acids is 1. The number of hydrogen-bond acceptors (Lipinski definition) is 3. The second-order valence-electron chi connectivity index (χ2n) is 6.86. The lowest BCUT2D eigenvalue weighted by Gasteiger charge is -2.50. The Hall–Kier alpha value is -1.71. The molecule has 22 heavy (non-hydrogen) atoms. The van der Waals surface area contributed by atoms with E-state index in [2.05, 4.69) is 31.7 Å². The Morgan fingerprint density at radius 2 is 2.18 bits per heavy atom. The highest BCUT2D eigenvalue weighted by atomic mass is 16.5. The van der Waals surface area contributed by atoms with E-state index in [9.17, 15) is 9.90 Å². The summed E-state index contributed by atoms with van der Waals surface area (Å²) in [5, 5.41) is 9.73. The lowest BCUT2D eigenvalue weighted by molar-refractivity contribution is -0.139. The molecule has 1 aliphatic rings. The van der Waals surface area contributed by atoms with Crippen molar-refractivity contribution in [3.63, 3.8) is 0 Å². The molecule has 0 saturated heterocycles. The Morgan fingerprint density at radius 1 is 1.50 bits per heavy atom. The fraction of sp³-hybridized carbons (Fsp3) is 0.611. The van der Waals surface area contributed by atoms with Crippen LogP contribution in [0.15, 0.2) is 18.2 Å². The van der Waals surface area contributed by atoms with E-state index in [0.717, 1.165) is 24.3 Å². The molecule has 1 aliphatic heterocycles. The summed E-state index contributed by atoms with van der Waals surface area (Å²) in [7, 11) is 1.64. The highest BCUT2D eigenvalue weighted by Crippen LogP contribution is 2.46. The van der Waals surface area contributed by atoms with Crippen molar-refractivity contribution < 1.29 is 14.6 Å². The van der Waals surface area contributed by atoms with Gasteiger partial charge in [-0.2, -0.15) is 0 Å². The monoisotopic (exact) mass is 305 g/mol. The number of nitrogens with zero attached hydrogens (tertiary/aromatic N) is 1. The molecule has 4 heteroatoms. The predicted octanol–water partition coefficient (Wildman–Crippen LogP) is 4.04. The smallest absolute Gasteiger partial charge is 0.326 e. The van der Waals surface area contributed by atoms with Crippen LogP contribution in [-0.4, -0.2) is 29.8 Å². The van der Waals surface area contributed by atoms with Crippen molar-refractivity contribution in [1.82, 2.24) is 0 Å². The summed E-state index contributed by atoms with van der Waals surface area (Å²) in [4.78, 5) is 13.9. The van der Waals surface area contributed by atoms with Crippen molar-refractivity contribution in [2.24, 2.45) is 0 Å². The minimum Gasteiger partial charge on any atom is -0.497 e. The highest BCUT2D eigenvalue weighted by Gasteiger charge is 2.42. The number of carbonyl (C=O) groups is 1. The first-order chi connectivity index (χ1) is 10.3. The van der Waals surface area contributed by atoms with Crippen molar-refractivity contribution >= 4 is 11.7 Å². The minimum atomic E-state index is -0.752. The van der Waals surface area contributed by atoms with E-state index in [-0.39, 0.29) is 5.54 Å². The maximum Gasteiger partial charge on any atom is 0.326 e. The topological polar surface area (TPSA) is 49.8 Å². The number of fused-ring (bicyclic) bond motifs is 1. The number of ether oxygens (including phenoxy) is 1. The Bertz CT molecular complexity index is 553. The van der Waals surface area contributed by atoms with Gasteiger partial charge in [-0.3, -0.25) is 0 Å². The number of methoxy groups -OCH3 is 1. The Morgan fingerprint density at radius 3 is 2.73 bits per heavy atom. The van der Waals surface area contributed by atoms with E-state index >= 15 is 0 Å². The van der Waals surface area contributed by atoms with Crippen LogP contribution >= 0.6 is 0 Å². The lowest BCUT2D eigenvalue weighted by Crippen LogP contribution is -2.56. The van der Waals surface area contributed by atoms with Gasteiger partial charge in [-0.25, -0.2) is 4.79 Å². The fourth-order valence-corrected chi connectivity index (χ4v) is 3.79. The Balaban J connectivity index is 2.59. The molecule has 122 valence electrons. The zero-order valence-corrected chi connectivity index (χ0v) is 14.2. The van der Waals surface area contributed by atoms with Crippen molar-refractivity contribution in [2.75, 3.05) is 12.0 Å². The predicted molar refractivity (Wildman–Crippen MR) is 88.9 cm³/mol. The molecule has 1 aromatic carbocycles. The van der Waals surface area contributed by atoms with Crippen LogP contribution in [0.2, 0.25) is 0 Å². The summed E-state index contributed by atoms with van der Waals surface area (Å²) in [6.07, 6.45) is 2.43. The van der Waals surface area contributed by atoms with Crippen LogP contribution in [0, 0.1) is 0 Å². The van der Waals surface area contributed by atoms with E-state index in [0.29, 0.717) is 12.3 Å². The molecule has 0 radical (unpaired) electrons. The van der Waals surface area contributed by atoms with Crippen LogP contribution in [0.4, 0.5) is 5.69 Å². The molecule has 1 heterocycles. The van der Waals surface area contributed by atoms with E-state index in [1.165, 1.54) is 5.56 Å². The van der Waals surface area contributed by atoms with Crippen LogP contribution in [0.1, 0.15) is 58.4 Å². The van der Waals surface area contributed by atoms with Gasteiger partial charge in [0.2, 0.25) is 0 Å². The molecule has 2 atom stereocenters. The molecular weight excluding hydrogens is 278 g/mol. The molecule has 0 fully saturated rings. The number of aliphatic carboxylic acids is 1. The van der Waals surface area contributed by atoms with E-state index in [1.807, 2.05) is 19.1 Å². The van der Waals surface area contributed by atoms with Crippen molar-refractivity contribution in [1.29, 1.82) is 0 Å². The van der Waals surface area contributed by atoms with Gasteiger partial charge in [0.05, 0.1) is 7.11 Å². The summed E-state index contributed by atoms with van der Waals surface area (Å²) in [5.74, 6) is 0.427. The van der Waals surface area contributed by atoms with Gasteiger partial charge < -0.3 is 14.7 Å². The lowest BCUT2D eigenvalue weighted by atomic mass is 9.78. The largest absolute Gasteiger partial charge is 0.497 e. The number of benzene rings is 1. The SMILES string of the molecule is CCC[C@H](C(=O)O)N1c2cc(OC)ccc2[C@H](C)CC1(C)C. The van der Waals surface area contributed by atoms with Gasteiger partial charge in [-0.15, -0.1) is 0 Å². The molecule has 0 bridgehead atoms. The average molecular weight is 305 g/mol. The molecule has 4 nitrogen and oxygen atoms in total. The van der Waals surface area contributed by atoms with Crippen molar-refractivity contribution in [3.05, 3.63) is 23.8 Å². The average Bonchev–Trinajstić information content (AvgIpc) is 2.44. The van der Waals surface area contributed by atoms with Gasteiger partial charge in [0, 0.05) is 17.3 Å². The summed E-state index contributed by atoms with van der Waals surface area (Å²) in [6, 6.07) is 5.52. The third-order valence-electron chi connectivity index (χ3n) is 4.64. The first-order valence-electron chi connectivity index (χ1n) is 8.02. The standard InChI is InChI=1S/C18H27NO3/c1-6-7-15(17(20)21)19-16-10-13(22-5)8-9-14(16)12(2)11-18(19,3)4/h8-10,12,15H,6-7,11H2,1-5H3,(H,20,21)/t12-,15-/m1/s1. The Labute approximate surface area is 133 Å². The van der Waals surface area contributed by atoms with Gasteiger partial charge in [-0.05, 0) is 44.2 Å². The third-order valence-corrected chi connectivity index (χ3v) is 4.64. The van der Waals surface area contributed by atoms with Gasteiger partial charge in [0.1, 0.15) is 11.8 Å². The molecule has 2 rings (SSSR count). The zero-order valence-electron chi connectivity index (χ0n) is 14.2. The van der Waals surface area contributed by atoms with Crippen LogP contribution in [0.25, 0.3) is 0 Å². The maximum absolute atomic E-state index is 11.8. The first kappa shape index (κ1) is 16.7. The molecule has 1 N–H and O–H groups in total. The first-order valence-corrected chi connectivity index (χ1v) is 8.02. The molecule has 1 aromatic rings. The number of anilines is 1. The van der Waals surface area contributed by atoms with Gasteiger partial charge in [0.15, 0.2) is 0 Å². The van der Waals surface area contributed by atoms with E-state index in [4.69, 9.17) is 4.74 Å². The number of hydrogen-bond donors (Lipinski definition) is 1. The quantitative estimate of drug-likeness (QED) is 0.892. The number of rotatable bonds is 5. The van der Waals surface area contributed by atoms with Crippen molar-refractivity contribution in [3.8, 4) is 5.75 Å². The van der Waals surface area contributed by atoms with Crippen molar-refractivity contribution in [2.45, 2.75) is 64.5 Å². The maximum atomic E-state index is 11.8. The molecule has 0 aromatic heterocycles. The molecule has 0 saturated carbocycles. The van der Waals surface area contributed by atoms with Gasteiger partial charge >= 0.3 is 5.97 Å². The number of carboxylic acid groups (broad SMARTS) is 1. The van der Waals surface area contributed by atoms with E-state index < -0.39 is 12.0 Å². The molecule has 0 spiro atoms. The normalized spacial score (nSPS) is 21.1. The van der Waals surface area contributed by atoms with E-state index in [1.54, 1.807) is 7.11 Å². The minimum absolute atomic E-state index is 0.197. The van der Waals surface area contributed by atoms with Gasteiger partial charge in [-0.1, -0.05) is 26.3 Å². The van der Waals surface area contributed by atoms with Gasteiger partial charge in [0.25, 0.3) is 0 Å². The fourth-order valence-electron chi connectivity index (χ4n) is 3.79. The molecule has 0 aliphatic carbocycles. The second-order valence-corrected chi connectivity index (χ2v) is 6.86. The van der Waals surface area contributed by atoms with Crippen LogP contribution < -0.4 is 9.64 Å². The summed E-state index contributed by atoms with van der Waals surface area (Å²) in [5.41, 5.74) is 2.02. The van der Waals surface area contributed by atoms with Crippen LogP contribution in [0.5, 0.6) is 5.75 Å². The second kappa shape index (κ2) is 6.19. The van der Waals surface area contributed by atoms with Crippen LogP contribution in [0.3, 0.4) is 0 Å². The highest BCUT2D eigenvalue weighted by molar-refractivity contribution is 5.80. The molecular formula is C18H27NO3. The Kier molecular flexibility index (Phi) is 4.69. The molecule has 0 amide bonds. The summed E-state index contributed by atoms with van der Waals surface area (Å²) < 4.78 is 5.36. The third kappa shape index (κ3) is 2.92. The van der Waals surface area contributed by atoms with Crippen LogP contribution in [-0.2, 0) is 4.79 Å².